The number of amides is 2. The van der Waals surface area contributed by atoms with Gasteiger partial charge in [0, 0.05) is 30.4 Å². The third-order valence-corrected chi connectivity index (χ3v) is 4.21. The van der Waals surface area contributed by atoms with Crippen molar-refractivity contribution in [2.45, 2.75) is 25.8 Å². The highest BCUT2D eigenvalue weighted by atomic mass is 16.2. The third kappa shape index (κ3) is 2.04. The number of rotatable bonds is 2. The fraction of sp³-hybridized carbons (Fsp3) is 0.400. The quantitative estimate of drug-likeness (QED) is 0.769. The Morgan fingerprint density at radius 3 is 2.70 bits per heavy atom. The summed E-state index contributed by atoms with van der Waals surface area (Å²) in [4.78, 5) is 35.5. The zero-order valence-electron chi connectivity index (χ0n) is 11.0. The van der Waals surface area contributed by atoms with Crippen LogP contribution in [0.4, 0.5) is 0 Å². The van der Waals surface area contributed by atoms with E-state index >= 15 is 0 Å². The Morgan fingerprint density at radius 2 is 2.00 bits per heavy atom. The molecule has 104 valence electrons. The molecule has 3 rings (SSSR count). The SMILES string of the molecule is NCc1ccc2c(c1)CC(C1CCC(=O)NC1=O)C2=O. The minimum absolute atomic E-state index is 0.0121. The number of carbonyl (C=O) groups is 3. The van der Waals surface area contributed by atoms with Crippen LogP contribution >= 0.6 is 0 Å². The molecule has 0 saturated carbocycles. The molecule has 1 aliphatic heterocycles. The lowest BCUT2D eigenvalue weighted by molar-refractivity contribution is -0.137. The molecule has 2 aliphatic rings. The van der Waals surface area contributed by atoms with E-state index in [1.54, 1.807) is 6.07 Å². The lowest BCUT2D eigenvalue weighted by Gasteiger charge is -2.24. The molecule has 1 aliphatic carbocycles. The summed E-state index contributed by atoms with van der Waals surface area (Å²) in [6.07, 6.45) is 1.33. The predicted molar refractivity (Wildman–Crippen MR) is 71.7 cm³/mol. The Morgan fingerprint density at radius 1 is 1.20 bits per heavy atom. The van der Waals surface area contributed by atoms with Gasteiger partial charge in [-0.15, -0.1) is 0 Å². The topological polar surface area (TPSA) is 89.3 Å². The van der Waals surface area contributed by atoms with Crippen molar-refractivity contribution in [3.05, 3.63) is 34.9 Å². The van der Waals surface area contributed by atoms with Crippen molar-refractivity contribution < 1.29 is 14.4 Å². The van der Waals surface area contributed by atoms with Crippen LogP contribution in [-0.2, 0) is 22.6 Å². The van der Waals surface area contributed by atoms with Crippen LogP contribution in [0.2, 0.25) is 0 Å². The minimum atomic E-state index is -0.395. The molecule has 20 heavy (non-hydrogen) atoms. The van der Waals surface area contributed by atoms with Crippen LogP contribution in [0.3, 0.4) is 0 Å². The Kier molecular flexibility index (Phi) is 3.14. The summed E-state index contributed by atoms with van der Waals surface area (Å²) >= 11 is 0. The molecule has 2 atom stereocenters. The zero-order chi connectivity index (χ0) is 14.3. The van der Waals surface area contributed by atoms with Crippen molar-refractivity contribution in [2.24, 2.45) is 17.6 Å². The number of nitrogens with two attached hydrogens (primary N) is 1. The van der Waals surface area contributed by atoms with Crippen LogP contribution in [0, 0.1) is 11.8 Å². The monoisotopic (exact) mass is 272 g/mol. The van der Waals surface area contributed by atoms with Gasteiger partial charge >= 0.3 is 0 Å². The number of hydrogen-bond donors (Lipinski definition) is 2. The number of carbonyl (C=O) groups excluding carboxylic acids is 3. The van der Waals surface area contributed by atoms with Crippen molar-refractivity contribution in [1.29, 1.82) is 0 Å². The Bertz CT molecular complexity index is 609. The van der Waals surface area contributed by atoms with Gasteiger partial charge < -0.3 is 5.73 Å². The highest BCUT2D eigenvalue weighted by Gasteiger charge is 2.41. The van der Waals surface area contributed by atoms with Gasteiger partial charge in [-0.05, 0) is 24.0 Å². The van der Waals surface area contributed by atoms with E-state index in [1.807, 2.05) is 12.1 Å². The first-order valence-electron chi connectivity index (χ1n) is 6.80. The number of imide groups is 1. The number of benzene rings is 1. The van der Waals surface area contributed by atoms with Gasteiger partial charge in [0.1, 0.15) is 0 Å². The van der Waals surface area contributed by atoms with E-state index < -0.39 is 5.92 Å². The maximum Gasteiger partial charge on any atom is 0.230 e. The first-order chi connectivity index (χ1) is 9.60. The van der Waals surface area contributed by atoms with E-state index in [9.17, 15) is 14.4 Å². The van der Waals surface area contributed by atoms with E-state index in [0.29, 0.717) is 31.4 Å². The molecule has 5 nitrogen and oxygen atoms in total. The largest absolute Gasteiger partial charge is 0.326 e. The van der Waals surface area contributed by atoms with E-state index in [2.05, 4.69) is 5.32 Å². The summed E-state index contributed by atoms with van der Waals surface area (Å²) in [5, 5.41) is 2.33. The van der Waals surface area contributed by atoms with Crippen molar-refractivity contribution in [3.63, 3.8) is 0 Å². The van der Waals surface area contributed by atoms with Crippen LogP contribution in [-0.4, -0.2) is 17.6 Å². The van der Waals surface area contributed by atoms with Gasteiger partial charge in [0.2, 0.25) is 11.8 Å². The summed E-state index contributed by atoms with van der Waals surface area (Å²) in [5.74, 6) is -1.29. The Labute approximate surface area is 116 Å². The van der Waals surface area contributed by atoms with Crippen LogP contribution in [0.1, 0.15) is 34.3 Å². The fourth-order valence-electron chi connectivity index (χ4n) is 3.13. The van der Waals surface area contributed by atoms with E-state index in [4.69, 9.17) is 5.73 Å². The van der Waals surface area contributed by atoms with E-state index in [1.165, 1.54) is 0 Å². The molecule has 1 aromatic rings. The molecule has 5 heteroatoms. The van der Waals surface area contributed by atoms with Gasteiger partial charge in [0.25, 0.3) is 0 Å². The highest BCUT2D eigenvalue weighted by Crippen LogP contribution is 2.35. The van der Waals surface area contributed by atoms with Gasteiger partial charge in [-0.2, -0.15) is 0 Å². The van der Waals surface area contributed by atoms with E-state index in [0.717, 1.165) is 11.1 Å². The second-order valence-corrected chi connectivity index (χ2v) is 5.43. The standard InChI is InChI=1S/C15H16N2O3/c16-7-8-1-2-10-9(5-8)6-12(14(10)19)11-3-4-13(18)17-15(11)20/h1-2,5,11-12H,3-4,6-7,16H2,(H,17,18,20). The summed E-state index contributed by atoms with van der Waals surface area (Å²) in [6.45, 7) is 0.435. The van der Waals surface area contributed by atoms with Crippen molar-refractivity contribution >= 4 is 17.6 Å². The number of ketones is 1. The van der Waals surface area contributed by atoms with Gasteiger partial charge in [-0.25, -0.2) is 0 Å². The molecule has 3 N–H and O–H groups in total. The Balaban J connectivity index is 1.86. The molecule has 0 bridgehead atoms. The fourth-order valence-corrected chi connectivity index (χ4v) is 3.13. The molecular weight excluding hydrogens is 256 g/mol. The number of Topliss-reactive ketones (excluding diaryl/α,β-unsaturated/α-hetero) is 1. The number of hydrogen-bond acceptors (Lipinski definition) is 4. The first kappa shape index (κ1) is 13.0. The summed E-state index contributed by atoms with van der Waals surface area (Å²) in [6, 6.07) is 5.59. The van der Waals surface area contributed by atoms with Crippen molar-refractivity contribution in [1.82, 2.24) is 5.32 Å². The highest BCUT2D eigenvalue weighted by molar-refractivity contribution is 6.07. The molecule has 1 aromatic carbocycles. The lowest BCUT2D eigenvalue weighted by atomic mass is 9.83. The van der Waals surface area contributed by atoms with E-state index in [-0.39, 0.29) is 23.5 Å². The van der Waals surface area contributed by atoms with Crippen LogP contribution < -0.4 is 11.1 Å². The van der Waals surface area contributed by atoms with Gasteiger partial charge in [-0.3, -0.25) is 19.7 Å². The lowest BCUT2D eigenvalue weighted by Crippen LogP contribution is -2.44. The molecule has 0 spiro atoms. The van der Waals surface area contributed by atoms with Crippen LogP contribution in [0.25, 0.3) is 0 Å². The van der Waals surface area contributed by atoms with Gasteiger partial charge in [0.05, 0.1) is 0 Å². The maximum absolute atomic E-state index is 12.4. The summed E-state index contributed by atoms with van der Waals surface area (Å²) in [5.41, 5.74) is 8.25. The normalized spacial score (nSPS) is 25.6. The molecule has 0 aromatic heterocycles. The van der Waals surface area contributed by atoms with Gasteiger partial charge in [0.15, 0.2) is 5.78 Å². The maximum atomic E-state index is 12.4. The minimum Gasteiger partial charge on any atom is -0.326 e. The van der Waals surface area contributed by atoms with Gasteiger partial charge in [-0.1, -0.05) is 18.2 Å². The first-order valence-corrected chi connectivity index (χ1v) is 6.80. The second-order valence-electron chi connectivity index (χ2n) is 5.43. The molecule has 2 amide bonds. The number of fused-ring (bicyclic) bond motifs is 1. The number of nitrogens with one attached hydrogen (secondary N) is 1. The molecule has 2 unspecified atom stereocenters. The Hall–Kier alpha value is -2.01. The average molecular weight is 272 g/mol. The van der Waals surface area contributed by atoms with Crippen LogP contribution in [0.15, 0.2) is 18.2 Å². The predicted octanol–water partition coefficient (Wildman–Crippen LogP) is 0.553. The molecule has 1 fully saturated rings. The summed E-state index contributed by atoms with van der Waals surface area (Å²) in [7, 11) is 0. The number of piperidine rings is 1. The van der Waals surface area contributed by atoms with Crippen LogP contribution in [0.5, 0.6) is 0 Å². The second kappa shape index (κ2) is 4.83. The third-order valence-electron chi connectivity index (χ3n) is 4.21. The summed E-state index contributed by atoms with van der Waals surface area (Å²) < 4.78 is 0. The molecule has 1 heterocycles. The van der Waals surface area contributed by atoms with Crippen molar-refractivity contribution in [2.75, 3.05) is 0 Å². The smallest absolute Gasteiger partial charge is 0.230 e. The molecular formula is C15H16N2O3. The molecule has 0 radical (unpaired) electrons. The molecule has 1 saturated heterocycles. The van der Waals surface area contributed by atoms with Crippen molar-refractivity contribution in [3.8, 4) is 0 Å². The average Bonchev–Trinajstić information content (AvgIpc) is 2.75. The zero-order valence-corrected chi connectivity index (χ0v) is 11.0.